The van der Waals surface area contributed by atoms with Crippen LogP contribution in [0.4, 0.5) is 5.69 Å². The molecule has 1 aliphatic rings. The number of carbonyl (C=O) groups is 2. The van der Waals surface area contributed by atoms with Crippen LogP contribution >= 0.6 is 22.9 Å². The monoisotopic (exact) mass is 533 g/mol. The molecule has 2 heterocycles. The van der Waals surface area contributed by atoms with Crippen LogP contribution in [0, 0.1) is 0 Å². The molecule has 11 heteroatoms. The summed E-state index contributed by atoms with van der Waals surface area (Å²) >= 11 is 7.64. The molecule has 1 saturated heterocycles. The number of anilines is 1. The molecule has 1 fully saturated rings. The van der Waals surface area contributed by atoms with E-state index in [1.807, 2.05) is 47.8 Å². The molecule has 3 aromatic rings. The second kappa shape index (κ2) is 11.2. The van der Waals surface area contributed by atoms with Crippen LogP contribution in [-0.2, 0) is 26.1 Å². The Hall–Kier alpha value is -2.92. The van der Waals surface area contributed by atoms with Crippen LogP contribution in [0.3, 0.4) is 0 Å². The highest BCUT2D eigenvalue weighted by atomic mass is 35.5. The van der Waals surface area contributed by atoms with Crippen molar-refractivity contribution in [1.29, 1.82) is 0 Å². The first kappa shape index (κ1) is 25.2. The average molecular weight is 534 g/mol. The zero-order valence-corrected chi connectivity index (χ0v) is 21.1. The van der Waals surface area contributed by atoms with Crippen molar-refractivity contribution < 1.29 is 22.7 Å². The highest BCUT2D eigenvalue weighted by molar-refractivity contribution is 7.89. The van der Waals surface area contributed by atoms with Gasteiger partial charge in [-0.2, -0.15) is 4.31 Å². The van der Waals surface area contributed by atoms with Crippen molar-refractivity contribution in [2.45, 2.75) is 11.4 Å². The Bertz CT molecular complexity index is 1280. The molecule has 35 heavy (non-hydrogen) atoms. The molecule has 1 aliphatic heterocycles. The molecule has 1 N–H and O–H groups in total. The number of sulfonamides is 1. The van der Waals surface area contributed by atoms with Gasteiger partial charge in [-0.1, -0.05) is 35.9 Å². The zero-order valence-electron chi connectivity index (χ0n) is 18.7. The normalized spacial score (nSPS) is 14.5. The van der Waals surface area contributed by atoms with Gasteiger partial charge in [0.05, 0.1) is 22.0 Å². The van der Waals surface area contributed by atoms with Crippen molar-refractivity contribution in [2.24, 2.45) is 0 Å². The van der Waals surface area contributed by atoms with E-state index in [1.54, 1.807) is 0 Å². The van der Waals surface area contributed by atoms with Gasteiger partial charge in [-0.05, 0) is 41.8 Å². The maximum atomic E-state index is 13.2. The van der Waals surface area contributed by atoms with Crippen molar-refractivity contribution in [3.63, 3.8) is 0 Å². The summed E-state index contributed by atoms with van der Waals surface area (Å²) in [5.74, 6) is -1.34. The quantitative estimate of drug-likeness (QED) is 0.446. The van der Waals surface area contributed by atoms with Crippen molar-refractivity contribution in [1.82, 2.24) is 9.62 Å². The standard InChI is InChI=1S/C24H24ClN3O5S2/c25-22-9-8-20(15-21(22)24(30)33-17-23(29)26-16-19-7-4-14-34-19)35(31,32)28-12-10-27(11-13-28)18-5-2-1-3-6-18/h1-9,14-15H,10-13,16-17H2,(H,26,29). The number of piperazine rings is 1. The van der Waals surface area contributed by atoms with E-state index in [9.17, 15) is 18.0 Å². The molecule has 1 amide bonds. The van der Waals surface area contributed by atoms with Crippen LogP contribution in [0.1, 0.15) is 15.2 Å². The minimum atomic E-state index is -3.84. The Morgan fingerprint density at radius 2 is 1.74 bits per heavy atom. The lowest BCUT2D eigenvalue weighted by Crippen LogP contribution is -2.48. The van der Waals surface area contributed by atoms with Crippen LogP contribution in [-0.4, -0.2) is 57.4 Å². The van der Waals surface area contributed by atoms with Crippen molar-refractivity contribution in [2.75, 3.05) is 37.7 Å². The number of hydrogen-bond acceptors (Lipinski definition) is 7. The van der Waals surface area contributed by atoms with Gasteiger partial charge in [0, 0.05) is 36.7 Å². The highest BCUT2D eigenvalue weighted by Crippen LogP contribution is 2.25. The van der Waals surface area contributed by atoms with Crippen molar-refractivity contribution in [3.05, 3.63) is 81.5 Å². The number of thiophene rings is 1. The van der Waals surface area contributed by atoms with Gasteiger partial charge in [-0.25, -0.2) is 13.2 Å². The van der Waals surface area contributed by atoms with Gasteiger partial charge in [0.25, 0.3) is 5.91 Å². The second-order valence-corrected chi connectivity index (χ2v) is 11.2. The molecule has 0 radical (unpaired) electrons. The van der Waals surface area contributed by atoms with Gasteiger partial charge in [0.2, 0.25) is 10.0 Å². The van der Waals surface area contributed by atoms with Crippen LogP contribution in [0.5, 0.6) is 0 Å². The molecule has 8 nitrogen and oxygen atoms in total. The summed E-state index contributed by atoms with van der Waals surface area (Å²) in [5.41, 5.74) is 0.933. The number of nitrogens with zero attached hydrogens (tertiary/aromatic N) is 2. The fourth-order valence-electron chi connectivity index (χ4n) is 3.65. The summed E-state index contributed by atoms with van der Waals surface area (Å²) in [6.07, 6.45) is 0. The second-order valence-electron chi connectivity index (χ2n) is 7.80. The van der Waals surface area contributed by atoms with Gasteiger partial charge in [0.15, 0.2) is 6.61 Å². The van der Waals surface area contributed by atoms with E-state index < -0.39 is 28.5 Å². The summed E-state index contributed by atoms with van der Waals surface area (Å²) in [6, 6.07) is 17.5. The van der Waals surface area contributed by atoms with Crippen LogP contribution in [0.2, 0.25) is 5.02 Å². The molecule has 0 aliphatic carbocycles. The number of amides is 1. The Morgan fingerprint density at radius 1 is 1.00 bits per heavy atom. The number of ether oxygens (including phenoxy) is 1. The van der Waals surface area contributed by atoms with E-state index >= 15 is 0 Å². The van der Waals surface area contributed by atoms with E-state index in [0.29, 0.717) is 32.7 Å². The van der Waals surface area contributed by atoms with Crippen molar-refractivity contribution in [3.8, 4) is 0 Å². The lowest BCUT2D eigenvalue weighted by molar-refractivity contribution is -0.124. The Kier molecular flexibility index (Phi) is 8.07. The van der Waals surface area contributed by atoms with Gasteiger partial charge < -0.3 is 15.0 Å². The predicted octanol–water partition coefficient (Wildman–Crippen LogP) is 3.39. The van der Waals surface area contributed by atoms with E-state index in [-0.39, 0.29) is 15.5 Å². The largest absolute Gasteiger partial charge is 0.452 e. The lowest BCUT2D eigenvalue weighted by Gasteiger charge is -2.35. The average Bonchev–Trinajstić information content (AvgIpc) is 3.40. The van der Waals surface area contributed by atoms with E-state index in [4.69, 9.17) is 16.3 Å². The van der Waals surface area contributed by atoms with Crippen LogP contribution in [0.15, 0.2) is 70.9 Å². The summed E-state index contributed by atoms with van der Waals surface area (Å²) in [6.45, 7) is 1.55. The Labute approximate surface area is 213 Å². The molecule has 1 aromatic heterocycles. The molecule has 0 atom stereocenters. The number of carbonyl (C=O) groups excluding carboxylic acids is 2. The van der Waals surface area contributed by atoms with E-state index in [2.05, 4.69) is 10.2 Å². The fraction of sp³-hybridized carbons (Fsp3) is 0.250. The number of para-hydroxylation sites is 1. The third-order valence-corrected chi connectivity index (χ3v) is 8.63. The van der Waals surface area contributed by atoms with Gasteiger partial charge in [-0.3, -0.25) is 4.79 Å². The molecule has 0 bridgehead atoms. The lowest BCUT2D eigenvalue weighted by atomic mass is 10.2. The summed E-state index contributed by atoms with van der Waals surface area (Å²) in [7, 11) is -3.84. The maximum absolute atomic E-state index is 13.2. The summed E-state index contributed by atoms with van der Waals surface area (Å²) < 4.78 is 32.9. The first-order valence-corrected chi connectivity index (χ1v) is 13.6. The Balaban J connectivity index is 1.37. The first-order valence-electron chi connectivity index (χ1n) is 10.9. The molecule has 0 spiro atoms. The van der Waals surface area contributed by atoms with Gasteiger partial charge >= 0.3 is 5.97 Å². The minimum Gasteiger partial charge on any atom is -0.452 e. The Morgan fingerprint density at radius 3 is 2.43 bits per heavy atom. The third kappa shape index (κ3) is 6.21. The van der Waals surface area contributed by atoms with Crippen molar-refractivity contribution >= 4 is 50.5 Å². The number of nitrogens with one attached hydrogen (secondary N) is 1. The third-order valence-electron chi connectivity index (χ3n) is 5.53. The minimum absolute atomic E-state index is 0.0434. The maximum Gasteiger partial charge on any atom is 0.340 e. The molecule has 0 saturated carbocycles. The first-order chi connectivity index (χ1) is 16.8. The molecule has 2 aromatic carbocycles. The fourth-order valence-corrected chi connectivity index (χ4v) is 5.94. The van der Waals surface area contributed by atoms with Gasteiger partial charge in [0.1, 0.15) is 0 Å². The number of benzene rings is 2. The van der Waals surface area contributed by atoms with E-state index in [1.165, 1.54) is 33.8 Å². The highest BCUT2D eigenvalue weighted by Gasteiger charge is 2.30. The number of esters is 1. The molecular weight excluding hydrogens is 510 g/mol. The van der Waals surface area contributed by atoms with Crippen LogP contribution in [0.25, 0.3) is 0 Å². The number of rotatable bonds is 8. The molecule has 4 rings (SSSR count). The smallest absolute Gasteiger partial charge is 0.340 e. The van der Waals surface area contributed by atoms with Gasteiger partial charge in [-0.15, -0.1) is 11.3 Å². The SMILES string of the molecule is O=C(COC(=O)c1cc(S(=O)(=O)N2CCN(c3ccccc3)CC2)ccc1Cl)NCc1cccs1. The predicted molar refractivity (Wildman–Crippen MR) is 135 cm³/mol. The zero-order chi connectivity index (χ0) is 24.8. The molecule has 184 valence electrons. The topological polar surface area (TPSA) is 96.0 Å². The molecule has 0 unspecified atom stereocenters. The number of hydrogen-bond donors (Lipinski definition) is 1. The summed E-state index contributed by atoms with van der Waals surface area (Å²) in [5, 5.41) is 4.60. The van der Waals surface area contributed by atoms with E-state index in [0.717, 1.165) is 10.6 Å². The summed E-state index contributed by atoms with van der Waals surface area (Å²) in [4.78, 5) is 27.6. The number of halogens is 1. The molecular formula is C24H24ClN3O5S2. The van der Waals surface area contributed by atoms with Crippen LogP contribution < -0.4 is 10.2 Å².